The largest absolute Gasteiger partial charge is 0.366 e. The molecule has 0 aromatic carbocycles. The van der Waals surface area contributed by atoms with Gasteiger partial charge in [-0.05, 0) is 20.3 Å². The van der Waals surface area contributed by atoms with Gasteiger partial charge in [-0.25, -0.2) is 4.98 Å². The molecule has 0 radical (unpaired) electrons. The molecule has 0 amide bonds. The summed E-state index contributed by atoms with van der Waals surface area (Å²) in [5.74, 6) is 0.858. The van der Waals surface area contributed by atoms with Crippen LogP contribution in [0.15, 0.2) is 25.0 Å². The molecule has 13 heavy (non-hydrogen) atoms. The zero-order valence-electron chi connectivity index (χ0n) is 8.12. The van der Waals surface area contributed by atoms with Gasteiger partial charge in [0.15, 0.2) is 0 Å². The summed E-state index contributed by atoms with van der Waals surface area (Å²) in [6, 6.07) is 0.355. The molecule has 0 aliphatic heterocycles. The minimum atomic E-state index is 0.355. The van der Waals surface area contributed by atoms with Crippen LogP contribution in [-0.2, 0) is 0 Å². The van der Waals surface area contributed by atoms with Gasteiger partial charge >= 0.3 is 0 Å². The molecule has 0 saturated carbocycles. The Morgan fingerprint density at radius 3 is 2.85 bits per heavy atom. The van der Waals surface area contributed by atoms with Crippen molar-refractivity contribution in [2.75, 3.05) is 5.32 Å². The van der Waals surface area contributed by atoms with E-state index in [1.807, 2.05) is 13.0 Å². The first kappa shape index (κ1) is 9.71. The minimum Gasteiger partial charge on any atom is -0.366 e. The van der Waals surface area contributed by atoms with Gasteiger partial charge in [0, 0.05) is 18.4 Å². The third kappa shape index (κ3) is 2.86. The van der Waals surface area contributed by atoms with E-state index in [-0.39, 0.29) is 0 Å². The van der Waals surface area contributed by atoms with Gasteiger partial charge in [-0.3, -0.25) is 4.98 Å². The molecule has 1 unspecified atom stereocenters. The smallest absolute Gasteiger partial charge is 0.147 e. The molecule has 1 heterocycles. The molecule has 1 aromatic rings. The molecule has 3 heteroatoms. The van der Waals surface area contributed by atoms with Gasteiger partial charge < -0.3 is 5.32 Å². The molecule has 1 atom stereocenters. The van der Waals surface area contributed by atoms with Crippen molar-refractivity contribution in [3.63, 3.8) is 0 Å². The molecule has 0 aliphatic rings. The lowest BCUT2D eigenvalue weighted by atomic mass is 10.2. The van der Waals surface area contributed by atoms with E-state index >= 15 is 0 Å². The molecule has 0 saturated heterocycles. The topological polar surface area (TPSA) is 37.8 Å². The van der Waals surface area contributed by atoms with Crippen LogP contribution < -0.4 is 5.32 Å². The summed E-state index contributed by atoms with van der Waals surface area (Å²) in [4.78, 5) is 8.33. The molecule has 0 aliphatic carbocycles. The van der Waals surface area contributed by atoms with E-state index in [0.29, 0.717) is 6.04 Å². The molecule has 3 nitrogen and oxygen atoms in total. The van der Waals surface area contributed by atoms with Crippen molar-refractivity contribution in [2.24, 2.45) is 0 Å². The van der Waals surface area contributed by atoms with Crippen LogP contribution in [0, 0.1) is 6.92 Å². The van der Waals surface area contributed by atoms with E-state index in [1.54, 1.807) is 12.4 Å². The third-order valence-corrected chi connectivity index (χ3v) is 1.78. The van der Waals surface area contributed by atoms with Crippen molar-refractivity contribution < 1.29 is 0 Å². The van der Waals surface area contributed by atoms with E-state index in [4.69, 9.17) is 0 Å². The van der Waals surface area contributed by atoms with Crippen molar-refractivity contribution >= 4 is 5.82 Å². The van der Waals surface area contributed by atoms with Gasteiger partial charge in [0.1, 0.15) is 5.82 Å². The van der Waals surface area contributed by atoms with Gasteiger partial charge in [-0.2, -0.15) is 0 Å². The molecule has 0 spiro atoms. The van der Waals surface area contributed by atoms with Gasteiger partial charge in [-0.15, -0.1) is 6.58 Å². The van der Waals surface area contributed by atoms with Crippen molar-refractivity contribution in [3.8, 4) is 0 Å². The third-order valence-electron chi connectivity index (χ3n) is 1.78. The van der Waals surface area contributed by atoms with Crippen LogP contribution in [0.1, 0.15) is 19.0 Å². The Morgan fingerprint density at radius 1 is 1.54 bits per heavy atom. The zero-order valence-corrected chi connectivity index (χ0v) is 8.12. The summed E-state index contributed by atoms with van der Waals surface area (Å²) in [6.07, 6.45) is 6.20. The second kappa shape index (κ2) is 4.60. The van der Waals surface area contributed by atoms with Gasteiger partial charge in [0.2, 0.25) is 0 Å². The summed E-state index contributed by atoms with van der Waals surface area (Å²) in [7, 11) is 0. The fraction of sp³-hybridized carbons (Fsp3) is 0.400. The first-order valence-corrected chi connectivity index (χ1v) is 4.39. The van der Waals surface area contributed by atoms with Gasteiger partial charge in [0.05, 0.1) is 5.69 Å². The number of anilines is 1. The normalized spacial score (nSPS) is 12.2. The lowest BCUT2D eigenvalue weighted by Crippen LogP contribution is -2.16. The van der Waals surface area contributed by atoms with Crippen molar-refractivity contribution in [1.29, 1.82) is 0 Å². The first-order chi connectivity index (χ1) is 6.24. The predicted octanol–water partition coefficient (Wildman–Crippen LogP) is 2.16. The van der Waals surface area contributed by atoms with E-state index in [0.717, 1.165) is 17.9 Å². The first-order valence-electron chi connectivity index (χ1n) is 4.39. The number of aromatic nitrogens is 2. The maximum absolute atomic E-state index is 4.19. The van der Waals surface area contributed by atoms with Crippen LogP contribution in [-0.4, -0.2) is 16.0 Å². The highest BCUT2D eigenvalue weighted by Crippen LogP contribution is 2.08. The number of hydrogen-bond donors (Lipinski definition) is 1. The second-order valence-corrected chi connectivity index (χ2v) is 3.06. The van der Waals surface area contributed by atoms with Crippen LogP contribution in [0.25, 0.3) is 0 Å². The monoisotopic (exact) mass is 177 g/mol. The number of hydrogen-bond acceptors (Lipinski definition) is 3. The average Bonchev–Trinajstić information content (AvgIpc) is 2.09. The van der Waals surface area contributed by atoms with Crippen molar-refractivity contribution in [3.05, 3.63) is 30.7 Å². The molecule has 1 rings (SSSR count). The Labute approximate surface area is 78.9 Å². The predicted molar refractivity (Wildman–Crippen MR) is 54.7 cm³/mol. The van der Waals surface area contributed by atoms with E-state index < -0.39 is 0 Å². The summed E-state index contributed by atoms with van der Waals surface area (Å²) in [5, 5.41) is 3.27. The Hall–Kier alpha value is -1.38. The van der Waals surface area contributed by atoms with Crippen LogP contribution >= 0.6 is 0 Å². The Kier molecular flexibility index (Phi) is 3.43. The fourth-order valence-corrected chi connectivity index (χ4v) is 1.09. The van der Waals surface area contributed by atoms with E-state index in [1.165, 1.54) is 0 Å². The van der Waals surface area contributed by atoms with Crippen LogP contribution in [0.4, 0.5) is 5.82 Å². The molecular weight excluding hydrogens is 162 g/mol. The minimum absolute atomic E-state index is 0.355. The van der Waals surface area contributed by atoms with Crippen LogP contribution in [0.2, 0.25) is 0 Å². The number of rotatable bonds is 4. The number of nitrogens with one attached hydrogen (secondary N) is 1. The molecule has 70 valence electrons. The highest BCUT2D eigenvalue weighted by atomic mass is 15.0. The van der Waals surface area contributed by atoms with E-state index in [2.05, 4.69) is 28.8 Å². The summed E-state index contributed by atoms with van der Waals surface area (Å²) < 4.78 is 0. The second-order valence-electron chi connectivity index (χ2n) is 3.06. The van der Waals surface area contributed by atoms with Crippen LogP contribution in [0.5, 0.6) is 0 Å². The molecule has 1 aromatic heterocycles. The molecule has 0 bridgehead atoms. The molecule has 0 fully saturated rings. The lowest BCUT2D eigenvalue weighted by Gasteiger charge is -2.13. The lowest BCUT2D eigenvalue weighted by molar-refractivity contribution is 0.802. The molecular formula is C10H15N3. The van der Waals surface area contributed by atoms with E-state index in [9.17, 15) is 0 Å². The maximum atomic E-state index is 4.19. The molecule has 1 N–H and O–H groups in total. The Bertz CT molecular complexity index is 283. The Morgan fingerprint density at radius 2 is 2.23 bits per heavy atom. The number of nitrogens with zero attached hydrogens (tertiary/aromatic N) is 2. The summed E-state index contributed by atoms with van der Waals surface area (Å²) >= 11 is 0. The van der Waals surface area contributed by atoms with Gasteiger partial charge in [0.25, 0.3) is 0 Å². The van der Waals surface area contributed by atoms with Crippen LogP contribution in [0.3, 0.4) is 0 Å². The van der Waals surface area contributed by atoms with Gasteiger partial charge in [-0.1, -0.05) is 6.08 Å². The standard InChI is InChI=1S/C10H15N3/c1-4-5-8(2)13-10-9(3)11-6-7-12-10/h4,6-8H,1,5H2,2-3H3,(H,12,13). The summed E-state index contributed by atoms with van der Waals surface area (Å²) in [5.41, 5.74) is 0.929. The summed E-state index contributed by atoms with van der Waals surface area (Å²) in [6.45, 7) is 7.72. The fourth-order valence-electron chi connectivity index (χ4n) is 1.09. The highest BCUT2D eigenvalue weighted by Gasteiger charge is 2.02. The maximum Gasteiger partial charge on any atom is 0.147 e. The Balaban J connectivity index is 2.63. The van der Waals surface area contributed by atoms with Crippen molar-refractivity contribution in [1.82, 2.24) is 9.97 Å². The highest BCUT2D eigenvalue weighted by molar-refractivity contribution is 5.39. The van der Waals surface area contributed by atoms with Crippen molar-refractivity contribution in [2.45, 2.75) is 26.3 Å². The average molecular weight is 177 g/mol. The quantitative estimate of drug-likeness (QED) is 0.716. The SMILES string of the molecule is C=CCC(C)Nc1nccnc1C. The number of aryl methyl sites for hydroxylation is 1. The zero-order chi connectivity index (χ0) is 9.68.